The number of benzene rings is 1. The van der Waals surface area contributed by atoms with Crippen LogP contribution < -0.4 is 20.3 Å². The lowest BCUT2D eigenvalue weighted by Gasteiger charge is -2.26. The predicted molar refractivity (Wildman–Crippen MR) is 154 cm³/mol. The van der Waals surface area contributed by atoms with Crippen molar-refractivity contribution in [2.24, 2.45) is 7.05 Å². The fraction of sp³-hybridized carbons (Fsp3) is 0.357. The highest BCUT2D eigenvalue weighted by molar-refractivity contribution is 6.02. The van der Waals surface area contributed by atoms with Gasteiger partial charge in [0.1, 0.15) is 5.75 Å². The molecule has 3 aromatic rings. The number of hydrogen-bond acceptors (Lipinski definition) is 8. The van der Waals surface area contributed by atoms with Gasteiger partial charge >= 0.3 is 0 Å². The Bertz CT molecular complexity index is 1260. The van der Waals surface area contributed by atoms with Crippen molar-refractivity contribution in [2.45, 2.75) is 20.3 Å². The number of ether oxygens (including phenoxy) is 1. The monoisotopic (exact) mass is 518 g/mol. The van der Waals surface area contributed by atoms with Crippen LogP contribution in [0.3, 0.4) is 0 Å². The van der Waals surface area contributed by atoms with E-state index in [1.807, 2.05) is 56.2 Å². The van der Waals surface area contributed by atoms with Crippen LogP contribution in [-0.4, -0.2) is 71.4 Å². The highest BCUT2D eigenvalue weighted by Crippen LogP contribution is 2.37. The maximum atomic E-state index is 12.2. The largest absolute Gasteiger partial charge is 0.494 e. The molecule has 10 nitrogen and oxygen atoms in total. The number of methoxy groups -OCH3 is 1. The number of amides is 1. The van der Waals surface area contributed by atoms with E-state index in [4.69, 9.17) is 4.74 Å². The molecule has 0 saturated carbocycles. The van der Waals surface area contributed by atoms with Gasteiger partial charge in [-0.1, -0.05) is 19.6 Å². The SMILES string of the molecule is C=CC(=O)Nc1cc(Nc2nccc(C/C=C\c3c(C)cnn3C)n2)c(OC)cc1N(C)CCN(C)CC. The molecule has 1 aromatic carbocycles. The minimum Gasteiger partial charge on any atom is -0.494 e. The van der Waals surface area contributed by atoms with Crippen molar-refractivity contribution < 1.29 is 9.53 Å². The lowest BCUT2D eigenvalue weighted by molar-refractivity contribution is -0.111. The van der Waals surface area contributed by atoms with Crippen molar-refractivity contribution in [1.82, 2.24) is 24.6 Å². The summed E-state index contributed by atoms with van der Waals surface area (Å²) in [5, 5.41) is 10.4. The van der Waals surface area contributed by atoms with Crippen LogP contribution in [0.4, 0.5) is 23.0 Å². The van der Waals surface area contributed by atoms with Gasteiger partial charge in [0.2, 0.25) is 11.9 Å². The highest BCUT2D eigenvalue weighted by atomic mass is 16.5. The molecule has 0 fully saturated rings. The van der Waals surface area contributed by atoms with Gasteiger partial charge in [0.05, 0.1) is 36.1 Å². The summed E-state index contributed by atoms with van der Waals surface area (Å²) in [5.74, 6) is 0.737. The predicted octanol–water partition coefficient (Wildman–Crippen LogP) is 4.04. The van der Waals surface area contributed by atoms with Crippen LogP contribution in [0.2, 0.25) is 0 Å². The third-order valence-electron chi connectivity index (χ3n) is 6.27. The Hall–Kier alpha value is -4.18. The van der Waals surface area contributed by atoms with Gasteiger partial charge in [-0.25, -0.2) is 9.97 Å². The minimum absolute atomic E-state index is 0.296. The van der Waals surface area contributed by atoms with Crippen molar-refractivity contribution in [1.29, 1.82) is 0 Å². The van der Waals surface area contributed by atoms with Crippen molar-refractivity contribution in [2.75, 3.05) is 56.4 Å². The van der Waals surface area contributed by atoms with Gasteiger partial charge in [-0.3, -0.25) is 9.48 Å². The van der Waals surface area contributed by atoms with Crippen molar-refractivity contribution in [3.05, 3.63) is 66.3 Å². The Labute approximate surface area is 225 Å². The van der Waals surface area contributed by atoms with E-state index in [0.717, 1.165) is 42.3 Å². The maximum absolute atomic E-state index is 12.2. The Kier molecular flexibility index (Phi) is 10.0. The van der Waals surface area contributed by atoms with E-state index in [1.54, 1.807) is 13.3 Å². The molecule has 0 radical (unpaired) electrons. The van der Waals surface area contributed by atoms with Crippen LogP contribution in [0.25, 0.3) is 6.08 Å². The summed E-state index contributed by atoms with van der Waals surface area (Å²) in [6, 6.07) is 5.61. The Morgan fingerprint density at radius 1 is 1.24 bits per heavy atom. The number of allylic oxidation sites excluding steroid dienone is 1. The van der Waals surface area contributed by atoms with Crippen LogP contribution in [0.1, 0.15) is 23.9 Å². The van der Waals surface area contributed by atoms with Crippen molar-refractivity contribution in [3.63, 3.8) is 0 Å². The quantitative estimate of drug-likeness (QED) is 0.327. The topological polar surface area (TPSA) is 100 Å². The number of nitrogens with zero attached hydrogens (tertiary/aromatic N) is 6. The molecule has 2 heterocycles. The van der Waals surface area contributed by atoms with Gasteiger partial charge in [0.15, 0.2) is 0 Å². The average molecular weight is 519 g/mol. The second-order valence-electron chi connectivity index (χ2n) is 9.02. The number of anilines is 4. The van der Waals surface area contributed by atoms with Gasteiger partial charge in [0, 0.05) is 51.6 Å². The number of carbonyl (C=O) groups is 1. The number of rotatable bonds is 13. The standard InChI is InChI=1S/C28H38N8O2/c1-8-27(37)32-22-17-23(26(38-7)18-25(22)35(5)16-15-34(4)9-2)33-28-29-14-13-21(31-28)11-10-12-24-20(3)19-30-36(24)6/h8,10,12-14,17-19H,1,9,11,15-16H2,2-7H3,(H,32,37)(H,29,31,33)/b12-10-. The van der Waals surface area contributed by atoms with E-state index < -0.39 is 0 Å². The Morgan fingerprint density at radius 3 is 2.68 bits per heavy atom. The molecule has 0 aliphatic carbocycles. The summed E-state index contributed by atoms with van der Waals surface area (Å²) >= 11 is 0. The summed E-state index contributed by atoms with van der Waals surface area (Å²) in [6.07, 6.45) is 9.54. The van der Waals surface area contributed by atoms with Crippen molar-refractivity contribution >= 4 is 35.0 Å². The third kappa shape index (κ3) is 7.42. The van der Waals surface area contributed by atoms with E-state index in [2.05, 4.69) is 62.1 Å². The van der Waals surface area contributed by atoms with E-state index >= 15 is 0 Å². The molecule has 2 N–H and O–H groups in total. The summed E-state index contributed by atoms with van der Waals surface area (Å²) in [7, 11) is 7.60. The van der Waals surface area contributed by atoms with Gasteiger partial charge in [0.25, 0.3) is 0 Å². The molecule has 0 aliphatic rings. The highest BCUT2D eigenvalue weighted by Gasteiger charge is 2.16. The van der Waals surface area contributed by atoms with Gasteiger partial charge in [-0.15, -0.1) is 0 Å². The zero-order valence-corrected chi connectivity index (χ0v) is 23.2. The smallest absolute Gasteiger partial charge is 0.247 e. The number of carbonyl (C=O) groups excluding carboxylic acids is 1. The molecule has 0 unspecified atom stereocenters. The van der Waals surface area contributed by atoms with E-state index in [9.17, 15) is 4.79 Å². The first-order chi connectivity index (χ1) is 18.2. The molecular weight excluding hydrogens is 480 g/mol. The van der Waals surface area contributed by atoms with Crippen LogP contribution in [0, 0.1) is 6.92 Å². The van der Waals surface area contributed by atoms with E-state index in [0.29, 0.717) is 29.5 Å². The minimum atomic E-state index is -0.296. The van der Waals surface area contributed by atoms with Crippen LogP contribution >= 0.6 is 0 Å². The van der Waals surface area contributed by atoms with Gasteiger partial charge in [-0.05, 0) is 50.4 Å². The average Bonchev–Trinajstić information content (AvgIpc) is 3.24. The second-order valence-corrected chi connectivity index (χ2v) is 9.02. The first-order valence-electron chi connectivity index (χ1n) is 12.5. The zero-order chi connectivity index (χ0) is 27.7. The third-order valence-corrected chi connectivity index (χ3v) is 6.27. The molecule has 1 amide bonds. The number of likely N-dealkylation sites (N-methyl/N-ethyl adjacent to an activating group) is 2. The molecule has 10 heteroatoms. The van der Waals surface area contributed by atoms with Crippen molar-refractivity contribution in [3.8, 4) is 5.75 Å². The summed E-state index contributed by atoms with van der Waals surface area (Å²) in [6.45, 7) is 10.3. The van der Waals surface area contributed by atoms with Crippen LogP contribution in [-0.2, 0) is 18.3 Å². The molecular formula is C28H38N8O2. The van der Waals surface area contributed by atoms with Gasteiger partial charge in [-0.2, -0.15) is 5.10 Å². The molecule has 0 bridgehead atoms. The molecule has 3 rings (SSSR count). The molecule has 38 heavy (non-hydrogen) atoms. The summed E-state index contributed by atoms with van der Waals surface area (Å²) < 4.78 is 7.54. The first kappa shape index (κ1) is 28.4. The van der Waals surface area contributed by atoms with Gasteiger partial charge < -0.3 is 25.2 Å². The normalized spacial score (nSPS) is 11.1. The van der Waals surface area contributed by atoms with E-state index in [1.165, 1.54) is 6.08 Å². The van der Waals surface area contributed by atoms with Crippen LogP contribution in [0.15, 0.2) is 49.3 Å². The van der Waals surface area contributed by atoms with E-state index in [-0.39, 0.29) is 5.91 Å². The number of aryl methyl sites for hydroxylation is 2. The molecule has 0 spiro atoms. The zero-order valence-electron chi connectivity index (χ0n) is 23.2. The molecule has 0 atom stereocenters. The number of nitrogens with one attached hydrogen (secondary N) is 2. The Balaban J connectivity index is 1.85. The second kappa shape index (κ2) is 13.4. The molecule has 0 aliphatic heterocycles. The summed E-state index contributed by atoms with van der Waals surface area (Å²) in [5.41, 5.74) is 5.12. The maximum Gasteiger partial charge on any atom is 0.247 e. The Morgan fingerprint density at radius 2 is 2.03 bits per heavy atom. The molecule has 2 aromatic heterocycles. The lowest BCUT2D eigenvalue weighted by atomic mass is 10.2. The summed E-state index contributed by atoms with van der Waals surface area (Å²) in [4.78, 5) is 25.6. The fourth-order valence-corrected chi connectivity index (χ4v) is 3.81. The molecule has 202 valence electrons. The number of hydrogen-bond donors (Lipinski definition) is 2. The lowest BCUT2D eigenvalue weighted by Crippen LogP contribution is -2.31. The first-order valence-corrected chi connectivity index (χ1v) is 12.5. The molecule has 0 saturated heterocycles. The number of aromatic nitrogens is 4. The van der Waals surface area contributed by atoms with Crippen LogP contribution in [0.5, 0.6) is 5.75 Å². The fourth-order valence-electron chi connectivity index (χ4n) is 3.81.